The van der Waals surface area contributed by atoms with E-state index < -0.39 is 5.82 Å². The predicted octanol–water partition coefficient (Wildman–Crippen LogP) is 4.75. The highest BCUT2D eigenvalue weighted by Gasteiger charge is 2.11. The molecular weight excluding hydrogens is 274 g/mol. The summed E-state index contributed by atoms with van der Waals surface area (Å²) >= 11 is 11.8. The summed E-state index contributed by atoms with van der Waals surface area (Å²) in [6, 6.07) is 11.2. The van der Waals surface area contributed by atoms with Gasteiger partial charge in [0.15, 0.2) is 0 Å². The number of rotatable bonds is 2. The number of nitriles is 1. The molecule has 2 nitrogen and oxygen atoms in total. The molecule has 0 atom stereocenters. The molecule has 2 rings (SSSR count). The number of hydrogen-bond donors (Lipinski definition) is 1. The number of nitrogens with zero attached hydrogens (tertiary/aromatic N) is 1. The molecule has 2 aromatic carbocycles. The second-order valence-electron chi connectivity index (χ2n) is 3.50. The highest BCUT2D eigenvalue weighted by molar-refractivity contribution is 6.33. The standard InChI is InChI=1S/C13H7Cl2FN2/c14-9-3-2-6-12(8(9)7-17)18-13-10(15)4-1-5-11(13)16/h1-6,18H. The molecule has 0 aromatic heterocycles. The van der Waals surface area contributed by atoms with E-state index >= 15 is 0 Å². The van der Waals surface area contributed by atoms with Crippen molar-refractivity contribution in [2.75, 3.05) is 5.32 Å². The second kappa shape index (κ2) is 5.26. The third kappa shape index (κ3) is 2.40. The van der Waals surface area contributed by atoms with Gasteiger partial charge in [-0.25, -0.2) is 4.39 Å². The van der Waals surface area contributed by atoms with E-state index in [0.29, 0.717) is 10.7 Å². The van der Waals surface area contributed by atoms with Gasteiger partial charge in [0.05, 0.1) is 27.0 Å². The first-order valence-corrected chi connectivity index (χ1v) is 5.78. The van der Waals surface area contributed by atoms with Crippen LogP contribution in [0.4, 0.5) is 15.8 Å². The fraction of sp³-hybridized carbons (Fsp3) is 0. The molecule has 90 valence electrons. The third-order valence-electron chi connectivity index (χ3n) is 2.35. The van der Waals surface area contributed by atoms with E-state index in [1.807, 2.05) is 6.07 Å². The first kappa shape index (κ1) is 12.7. The molecule has 0 saturated carbocycles. The van der Waals surface area contributed by atoms with Gasteiger partial charge in [-0.1, -0.05) is 35.3 Å². The molecule has 0 radical (unpaired) electrons. The molecule has 0 aliphatic carbocycles. The molecular formula is C13H7Cl2FN2. The molecule has 5 heteroatoms. The Bertz CT molecular complexity index is 615. The van der Waals surface area contributed by atoms with Gasteiger partial charge < -0.3 is 5.32 Å². The Morgan fingerprint density at radius 1 is 1.06 bits per heavy atom. The van der Waals surface area contributed by atoms with Crippen LogP contribution in [0.2, 0.25) is 10.0 Å². The molecule has 0 unspecified atom stereocenters. The quantitative estimate of drug-likeness (QED) is 0.862. The Kier molecular flexibility index (Phi) is 3.71. The molecule has 0 amide bonds. The van der Waals surface area contributed by atoms with Crippen LogP contribution in [0.1, 0.15) is 5.56 Å². The van der Waals surface area contributed by atoms with E-state index in [-0.39, 0.29) is 16.3 Å². The number of nitrogens with one attached hydrogen (secondary N) is 1. The van der Waals surface area contributed by atoms with Gasteiger partial charge in [0.25, 0.3) is 0 Å². The lowest BCUT2D eigenvalue weighted by molar-refractivity contribution is 0.632. The Labute approximate surface area is 114 Å². The number of benzene rings is 2. The zero-order valence-electron chi connectivity index (χ0n) is 9.05. The fourth-order valence-corrected chi connectivity index (χ4v) is 1.92. The van der Waals surface area contributed by atoms with Crippen molar-refractivity contribution >= 4 is 34.6 Å². The van der Waals surface area contributed by atoms with Gasteiger partial charge in [-0.15, -0.1) is 0 Å². The Morgan fingerprint density at radius 2 is 1.72 bits per heavy atom. The Hall–Kier alpha value is -1.76. The maximum atomic E-state index is 13.6. The minimum Gasteiger partial charge on any atom is -0.351 e. The third-order valence-corrected chi connectivity index (χ3v) is 2.98. The van der Waals surface area contributed by atoms with Crippen molar-refractivity contribution in [3.8, 4) is 6.07 Å². The molecule has 2 aromatic rings. The second-order valence-corrected chi connectivity index (χ2v) is 4.31. The van der Waals surface area contributed by atoms with Crippen molar-refractivity contribution in [1.29, 1.82) is 5.26 Å². The largest absolute Gasteiger partial charge is 0.351 e. The average Bonchev–Trinajstić information content (AvgIpc) is 2.34. The summed E-state index contributed by atoms with van der Waals surface area (Å²) in [4.78, 5) is 0. The van der Waals surface area contributed by atoms with Crippen LogP contribution in [0.15, 0.2) is 36.4 Å². The molecule has 18 heavy (non-hydrogen) atoms. The van der Waals surface area contributed by atoms with Crippen LogP contribution < -0.4 is 5.32 Å². The fourth-order valence-electron chi connectivity index (χ4n) is 1.49. The summed E-state index contributed by atoms with van der Waals surface area (Å²) in [5.74, 6) is -0.494. The first-order valence-electron chi connectivity index (χ1n) is 5.03. The smallest absolute Gasteiger partial charge is 0.148 e. The van der Waals surface area contributed by atoms with E-state index in [0.717, 1.165) is 0 Å². The van der Waals surface area contributed by atoms with Crippen molar-refractivity contribution in [2.24, 2.45) is 0 Å². The maximum Gasteiger partial charge on any atom is 0.148 e. The molecule has 1 N–H and O–H groups in total. The van der Waals surface area contributed by atoms with Crippen LogP contribution in [0.25, 0.3) is 0 Å². The molecule has 0 bridgehead atoms. The summed E-state index contributed by atoms with van der Waals surface area (Å²) < 4.78 is 13.6. The molecule has 0 spiro atoms. The summed E-state index contributed by atoms with van der Waals surface area (Å²) in [6.45, 7) is 0. The zero-order valence-corrected chi connectivity index (χ0v) is 10.6. The van der Waals surface area contributed by atoms with Crippen molar-refractivity contribution in [3.63, 3.8) is 0 Å². The van der Waals surface area contributed by atoms with Gasteiger partial charge in [0, 0.05) is 0 Å². The molecule has 0 heterocycles. The SMILES string of the molecule is N#Cc1c(Cl)cccc1Nc1c(F)cccc1Cl. The van der Waals surface area contributed by atoms with Crippen molar-refractivity contribution < 1.29 is 4.39 Å². The first-order chi connectivity index (χ1) is 8.63. The monoisotopic (exact) mass is 280 g/mol. The summed E-state index contributed by atoms with van der Waals surface area (Å²) in [7, 11) is 0. The number of para-hydroxylation sites is 1. The van der Waals surface area contributed by atoms with Crippen molar-refractivity contribution in [1.82, 2.24) is 0 Å². The van der Waals surface area contributed by atoms with Gasteiger partial charge in [0.1, 0.15) is 11.9 Å². The molecule has 0 aliphatic heterocycles. The summed E-state index contributed by atoms with van der Waals surface area (Å²) in [5, 5.41) is 12.3. The molecule has 0 fully saturated rings. The Balaban J connectivity index is 2.48. The van der Waals surface area contributed by atoms with E-state index in [1.54, 1.807) is 24.3 Å². The predicted molar refractivity (Wildman–Crippen MR) is 70.9 cm³/mol. The minimum absolute atomic E-state index is 0.123. The average molecular weight is 281 g/mol. The number of hydrogen-bond acceptors (Lipinski definition) is 2. The minimum atomic E-state index is -0.494. The normalized spacial score (nSPS) is 9.89. The topological polar surface area (TPSA) is 35.8 Å². The van der Waals surface area contributed by atoms with Crippen LogP contribution in [-0.2, 0) is 0 Å². The lowest BCUT2D eigenvalue weighted by Crippen LogP contribution is -1.97. The van der Waals surface area contributed by atoms with E-state index in [9.17, 15) is 4.39 Å². The summed E-state index contributed by atoms with van der Waals surface area (Å²) in [6.07, 6.45) is 0. The maximum absolute atomic E-state index is 13.6. The van der Waals surface area contributed by atoms with Crippen LogP contribution in [0, 0.1) is 17.1 Å². The van der Waals surface area contributed by atoms with Crippen molar-refractivity contribution in [2.45, 2.75) is 0 Å². The number of halogens is 3. The number of anilines is 2. The van der Waals surface area contributed by atoms with Crippen LogP contribution >= 0.6 is 23.2 Å². The van der Waals surface area contributed by atoms with Crippen LogP contribution in [-0.4, -0.2) is 0 Å². The van der Waals surface area contributed by atoms with E-state index in [1.165, 1.54) is 12.1 Å². The van der Waals surface area contributed by atoms with E-state index in [2.05, 4.69) is 5.32 Å². The molecule has 0 aliphatic rings. The van der Waals surface area contributed by atoms with Crippen LogP contribution in [0.5, 0.6) is 0 Å². The van der Waals surface area contributed by atoms with E-state index in [4.69, 9.17) is 28.5 Å². The van der Waals surface area contributed by atoms with Gasteiger partial charge in [-0.2, -0.15) is 5.26 Å². The zero-order chi connectivity index (χ0) is 13.1. The van der Waals surface area contributed by atoms with Gasteiger partial charge in [-0.3, -0.25) is 0 Å². The van der Waals surface area contributed by atoms with Gasteiger partial charge >= 0.3 is 0 Å². The van der Waals surface area contributed by atoms with Gasteiger partial charge in [-0.05, 0) is 24.3 Å². The van der Waals surface area contributed by atoms with Crippen molar-refractivity contribution in [3.05, 3.63) is 57.8 Å². The lowest BCUT2D eigenvalue weighted by Gasteiger charge is -2.11. The highest BCUT2D eigenvalue weighted by Crippen LogP contribution is 2.31. The van der Waals surface area contributed by atoms with Crippen LogP contribution in [0.3, 0.4) is 0 Å². The van der Waals surface area contributed by atoms with Gasteiger partial charge in [0.2, 0.25) is 0 Å². The summed E-state index contributed by atoms with van der Waals surface area (Å²) in [5.41, 5.74) is 0.786. The highest BCUT2D eigenvalue weighted by atomic mass is 35.5. The lowest BCUT2D eigenvalue weighted by atomic mass is 10.2. The molecule has 0 saturated heterocycles. The Morgan fingerprint density at radius 3 is 2.39 bits per heavy atom.